The van der Waals surface area contributed by atoms with Gasteiger partial charge in [0.15, 0.2) is 0 Å². The van der Waals surface area contributed by atoms with Crippen LogP contribution in [0.4, 0.5) is 5.69 Å². The van der Waals surface area contributed by atoms with Crippen LogP contribution in [0.15, 0.2) is 48.5 Å². The van der Waals surface area contributed by atoms with E-state index >= 15 is 0 Å². The Bertz CT molecular complexity index is 560. The highest BCUT2D eigenvalue weighted by Gasteiger charge is 2.06. The average molecular weight is 399 g/mol. The molecule has 0 aliphatic rings. The number of aliphatic hydroxyl groups excluding tert-OH is 1. The van der Waals surface area contributed by atoms with Gasteiger partial charge >= 0.3 is 0 Å². The molecule has 0 saturated heterocycles. The van der Waals surface area contributed by atoms with Gasteiger partial charge in [0, 0.05) is 15.8 Å². The van der Waals surface area contributed by atoms with Gasteiger partial charge in [-0.05, 0) is 59.0 Å². The van der Waals surface area contributed by atoms with Crippen molar-refractivity contribution in [3.8, 4) is 11.5 Å². The summed E-state index contributed by atoms with van der Waals surface area (Å²) in [6.45, 7) is 0.679. The Kier molecular flexibility index (Phi) is 6.13. The SMILES string of the molecule is COc1ccc(OCC(O)CNc2ccccc2I)cc1. The number of hydrogen-bond acceptors (Lipinski definition) is 4. The number of para-hydroxylation sites is 1. The molecule has 0 aliphatic carbocycles. The molecule has 2 aromatic carbocycles. The fourth-order valence-corrected chi connectivity index (χ4v) is 2.33. The van der Waals surface area contributed by atoms with Crippen LogP contribution in [0.25, 0.3) is 0 Å². The van der Waals surface area contributed by atoms with Crippen molar-refractivity contribution < 1.29 is 14.6 Å². The van der Waals surface area contributed by atoms with Gasteiger partial charge in [0.2, 0.25) is 0 Å². The maximum absolute atomic E-state index is 9.95. The number of nitrogens with one attached hydrogen (secondary N) is 1. The van der Waals surface area contributed by atoms with Gasteiger partial charge in [-0.3, -0.25) is 0 Å². The third kappa shape index (κ3) is 5.09. The summed E-state index contributed by atoms with van der Waals surface area (Å²) in [7, 11) is 1.62. The average Bonchev–Trinajstić information content (AvgIpc) is 2.52. The first-order valence-corrected chi connectivity index (χ1v) is 7.70. The van der Waals surface area contributed by atoms with Crippen molar-refractivity contribution in [2.75, 3.05) is 25.6 Å². The minimum absolute atomic E-state index is 0.239. The van der Waals surface area contributed by atoms with Crippen LogP contribution in [0.5, 0.6) is 11.5 Å². The normalized spacial score (nSPS) is 11.8. The lowest BCUT2D eigenvalue weighted by Crippen LogP contribution is -2.26. The smallest absolute Gasteiger partial charge is 0.119 e. The van der Waals surface area contributed by atoms with E-state index in [4.69, 9.17) is 9.47 Å². The number of benzene rings is 2. The summed E-state index contributed by atoms with van der Waals surface area (Å²) in [5.41, 5.74) is 1.02. The molecule has 0 aromatic heterocycles. The van der Waals surface area contributed by atoms with Gasteiger partial charge in [-0.25, -0.2) is 0 Å². The zero-order valence-corrected chi connectivity index (χ0v) is 13.9. The van der Waals surface area contributed by atoms with Crippen molar-refractivity contribution in [2.24, 2.45) is 0 Å². The molecule has 2 aromatic rings. The Labute approximate surface area is 138 Å². The summed E-state index contributed by atoms with van der Waals surface area (Å²) in [6.07, 6.45) is -0.580. The third-order valence-corrected chi connectivity index (χ3v) is 3.84. The number of hydrogen-bond donors (Lipinski definition) is 2. The van der Waals surface area contributed by atoms with Crippen LogP contribution in [0.2, 0.25) is 0 Å². The maximum atomic E-state index is 9.95. The molecule has 0 aliphatic heterocycles. The van der Waals surface area contributed by atoms with Gasteiger partial charge < -0.3 is 19.9 Å². The van der Waals surface area contributed by atoms with Crippen molar-refractivity contribution in [2.45, 2.75) is 6.10 Å². The van der Waals surface area contributed by atoms with Gasteiger partial charge in [-0.15, -0.1) is 0 Å². The van der Waals surface area contributed by atoms with Crippen LogP contribution >= 0.6 is 22.6 Å². The van der Waals surface area contributed by atoms with Crippen LogP contribution in [0, 0.1) is 3.57 Å². The summed E-state index contributed by atoms with van der Waals surface area (Å²) < 4.78 is 11.7. The molecule has 2 N–H and O–H groups in total. The Morgan fingerprint density at radius 1 is 1.10 bits per heavy atom. The molecule has 2 rings (SSSR count). The zero-order valence-electron chi connectivity index (χ0n) is 11.8. The van der Waals surface area contributed by atoms with E-state index in [-0.39, 0.29) is 6.61 Å². The monoisotopic (exact) mass is 399 g/mol. The van der Waals surface area contributed by atoms with E-state index in [9.17, 15) is 5.11 Å². The van der Waals surface area contributed by atoms with Crippen LogP contribution in [0.3, 0.4) is 0 Å². The molecule has 4 nitrogen and oxygen atoms in total. The third-order valence-electron chi connectivity index (χ3n) is 2.90. The number of ether oxygens (including phenoxy) is 2. The van der Waals surface area contributed by atoms with Gasteiger partial charge in [0.05, 0.1) is 7.11 Å². The lowest BCUT2D eigenvalue weighted by atomic mass is 10.3. The summed E-state index contributed by atoms with van der Waals surface area (Å²) in [6, 6.07) is 15.2. The van der Waals surface area contributed by atoms with Gasteiger partial charge in [-0.2, -0.15) is 0 Å². The Morgan fingerprint density at radius 2 is 1.76 bits per heavy atom. The predicted molar refractivity (Wildman–Crippen MR) is 92.1 cm³/mol. The Balaban J connectivity index is 1.76. The molecule has 0 heterocycles. The van der Waals surface area contributed by atoms with Crippen LogP contribution in [-0.4, -0.2) is 31.5 Å². The highest BCUT2D eigenvalue weighted by atomic mass is 127. The summed E-state index contributed by atoms with van der Waals surface area (Å²) in [4.78, 5) is 0. The van der Waals surface area contributed by atoms with Crippen molar-refractivity contribution in [3.05, 3.63) is 52.1 Å². The first-order chi connectivity index (χ1) is 10.2. The van der Waals surface area contributed by atoms with Gasteiger partial charge in [0.1, 0.15) is 24.2 Å². The Hall–Kier alpha value is -1.47. The van der Waals surface area contributed by atoms with E-state index in [0.29, 0.717) is 12.3 Å². The molecule has 5 heteroatoms. The van der Waals surface area contributed by atoms with Crippen molar-refractivity contribution in [1.82, 2.24) is 0 Å². The molecule has 0 spiro atoms. The fraction of sp³-hybridized carbons (Fsp3) is 0.250. The standard InChI is InChI=1S/C16H18INO3/c1-20-13-6-8-14(9-7-13)21-11-12(19)10-18-16-5-3-2-4-15(16)17/h2-9,12,18-19H,10-11H2,1H3. The molecular formula is C16H18INO3. The first kappa shape index (κ1) is 15.9. The second-order valence-corrected chi connectivity index (χ2v) is 5.66. The lowest BCUT2D eigenvalue weighted by molar-refractivity contribution is 0.117. The summed E-state index contributed by atoms with van der Waals surface area (Å²) in [5.74, 6) is 1.49. The lowest BCUT2D eigenvalue weighted by Gasteiger charge is -2.15. The van der Waals surface area contributed by atoms with E-state index < -0.39 is 6.10 Å². The highest BCUT2D eigenvalue weighted by molar-refractivity contribution is 14.1. The molecule has 0 fully saturated rings. The molecule has 112 valence electrons. The number of anilines is 1. The van der Waals surface area contributed by atoms with Crippen LogP contribution in [0.1, 0.15) is 0 Å². The summed E-state index contributed by atoms with van der Waals surface area (Å²) >= 11 is 2.26. The number of rotatable bonds is 7. The fourth-order valence-electron chi connectivity index (χ4n) is 1.76. The van der Waals surface area contributed by atoms with E-state index in [2.05, 4.69) is 27.9 Å². The quantitative estimate of drug-likeness (QED) is 0.703. The molecular weight excluding hydrogens is 381 g/mol. The van der Waals surface area contributed by atoms with Crippen LogP contribution < -0.4 is 14.8 Å². The van der Waals surface area contributed by atoms with Crippen molar-refractivity contribution in [1.29, 1.82) is 0 Å². The Morgan fingerprint density at radius 3 is 2.43 bits per heavy atom. The van der Waals surface area contributed by atoms with Crippen molar-refractivity contribution >= 4 is 28.3 Å². The number of methoxy groups -OCH3 is 1. The second-order valence-electron chi connectivity index (χ2n) is 4.50. The largest absolute Gasteiger partial charge is 0.497 e. The molecule has 1 atom stereocenters. The van der Waals surface area contributed by atoms with E-state index in [1.54, 1.807) is 7.11 Å². The molecule has 21 heavy (non-hydrogen) atoms. The second kappa shape index (κ2) is 8.09. The molecule has 0 radical (unpaired) electrons. The maximum Gasteiger partial charge on any atom is 0.119 e. The first-order valence-electron chi connectivity index (χ1n) is 6.62. The van der Waals surface area contributed by atoms with E-state index in [0.717, 1.165) is 15.0 Å². The van der Waals surface area contributed by atoms with Gasteiger partial charge in [0.25, 0.3) is 0 Å². The highest BCUT2D eigenvalue weighted by Crippen LogP contribution is 2.18. The van der Waals surface area contributed by atoms with E-state index in [1.807, 2.05) is 48.5 Å². The molecule has 1 unspecified atom stereocenters. The minimum Gasteiger partial charge on any atom is -0.497 e. The minimum atomic E-state index is -0.580. The van der Waals surface area contributed by atoms with Crippen molar-refractivity contribution in [3.63, 3.8) is 0 Å². The van der Waals surface area contributed by atoms with Crippen LogP contribution in [-0.2, 0) is 0 Å². The molecule has 0 saturated carbocycles. The number of aliphatic hydroxyl groups is 1. The van der Waals surface area contributed by atoms with Gasteiger partial charge in [-0.1, -0.05) is 12.1 Å². The van der Waals surface area contributed by atoms with E-state index in [1.165, 1.54) is 0 Å². The molecule has 0 amide bonds. The number of halogens is 1. The zero-order chi connectivity index (χ0) is 15.1. The predicted octanol–water partition coefficient (Wildman–Crippen LogP) is 3.15. The molecule has 0 bridgehead atoms. The topological polar surface area (TPSA) is 50.7 Å². The summed E-state index contributed by atoms with van der Waals surface area (Å²) in [5, 5.41) is 13.2.